The van der Waals surface area contributed by atoms with Crippen molar-refractivity contribution in [2.45, 2.75) is 31.2 Å². The molecule has 7 nitrogen and oxygen atoms in total. The standard InChI is InChI=1S/C15H20F2N2O5S/c1-9(2)7-12(15(21)24-3)19-13(20)8-18-25(22,23)14-10(16)5-4-6-11(14)17/h4-6,9,12,18H,7-8H2,1-3H3,(H,19,20). The van der Waals surface area contributed by atoms with E-state index >= 15 is 0 Å². The smallest absolute Gasteiger partial charge is 0.328 e. The van der Waals surface area contributed by atoms with Crippen molar-refractivity contribution in [1.29, 1.82) is 0 Å². The number of rotatable bonds is 8. The van der Waals surface area contributed by atoms with Crippen LogP contribution < -0.4 is 10.0 Å². The van der Waals surface area contributed by atoms with Crippen molar-refractivity contribution in [3.05, 3.63) is 29.8 Å². The van der Waals surface area contributed by atoms with Gasteiger partial charge >= 0.3 is 5.97 Å². The van der Waals surface area contributed by atoms with E-state index in [2.05, 4.69) is 10.1 Å². The van der Waals surface area contributed by atoms with Crippen LogP contribution in [0.15, 0.2) is 23.1 Å². The van der Waals surface area contributed by atoms with Crippen LogP contribution in [0.4, 0.5) is 8.78 Å². The number of nitrogens with one attached hydrogen (secondary N) is 2. The third-order valence-electron chi connectivity index (χ3n) is 3.14. The van der Waals surface area contributed by atoms with Gasteiger partial charge in [-0.2, -0.15) is 0 Å². The molecule has 1 unspecified atom stereocenters. The van der Waals surface area contributed by atoms with E-state index in [1.165, 1.54) is 0 Å². The Bertz CT molecular complexity index is 717. The van der Waals surface area contributed by atoms with Crippen molar-refractivity contribution in [1.82, 2.24) is 10.0 Å². The van der Waals surface area contributed by atoms with E-state index in [0.717, 1.165) is 25.3 Å². The van der Waals surface area contributed by atoms with Gasteiger partial charge in [0, 0.05) is 0 Å². The van der Waals surface area contributed by atoms with Crippen molar-refractivity contribution in [2.24, 2.45) is 5.92 Å². The van der Waals surface area contributed by atoms with E-state index in [9.17, 15) is 26.8 Å². The monoisotopic (exact) mass is 378 g/mol. The molecule has 0 saturated heterocycles. The molecule has 2 N–H and O–H groups in total. The zero-order valence-corrected chi connectivity index (χ0v) is 14.8. The molecule has 0 aliphatic rings. The first-order valence-corrected chi connectivity index (χ1v) is 8.87. The molecule has 0 aliphatic carbocycles. The number of methoxy groups -OCH3 is 1. The van der Waals surface area contributed by atoms with Crippen LogP contribution in [0.5, 0.6) is 0 Å². The fourth-order valence-corrected chi connectivity index (χ4v) is 3.16. The van der Waals surface area contributed by atoms with E-state index < -0.39 is 51.0 Å². The largest absolute Gasteiger partial charge is 0.467 e. The van der Waals surface area contributed by atoms with Gasteiger partial charge in [0.05, 0.1) is 13.7 Å². The summed E-state index contributed by atoms with van der Waals surface area (Å²) >= 11 is 0. The molecule has 1 amide bonds. The van der Waals surface area contributed by atoms with Gasteiger partial charge in [0.2, 0.25) is 15.9 Å². The Balaban J connectivity index is 2.79. The lowest BCUT2D eigenvalue weighted by Crippen LogP contribution is -2.46. The van der Waals surface area contributed by atoms with Gasteiger partial charge in [-0.1, -0.05) is 19.9 Å². The van der Waals surface area contributed by atoms with Crippen LogP contribution in [0.1, 0.15) is 20.3 Å². The summed E-state index contributed by atoms with van der Waals surface area (Å²) in [5.74, 6) is -4.00. The predicted octanol–water partition coefficient (Wildman–Crippen LogP) is 0.947. The third-order valence-corrected chi connectivity index (χ3v) is 4.59. The van der Waals surface area contributed by atoms with Crippen molar-refractivity contribution in [2.75, 3.05) is 13.7 Å². The van der Waals surface area contributed by atoms with E-state index in [1.807, 2.05) is 13.8 Å². The Morgan fingerprint density at radius 2 is 1.76 bits per heavy atom. The minimum Gasteiger partial charge on any atom is -0.467 e. The average molecular weight is 378 g/mol. The van der Waals surface area contributed by atoms with Gasteiger partial charge in [-0.15, -0.1) is 0 Å². The van der Waals surface area contributed by atoms with Gasteiger partial charge in [-0.25, -0.2) is 26.7 Å². The second-order valence-corrected chi connectivity index (χ2v) is 7.35. The number of carbonyl (C=O) groups excluding carboxylic acids is 2. The molecule has 0 fully saturated rings. The van der Waals surface area contributed by atoms with Crippen LogP contribution in [-0.4, -0.2) is 40.0 Å². The number of esters is 1. The highest BCUT2D eigenvalue weighted by Gasteiger charge is 2.26. The number of ether oxygens (including phenoxy) is 1. The molecule has 0 radical (unpaired) electrons. The van der Waals surface area contributed by atoms with E-state index in [0.29, 0.717) is 0 Å². The summed E-state index contributed by atoms with van der Waals surface area (Å²) < 4.78 is 57.4. The van der Waals surface area contributed by atoms with E-state index in [1.54, 1.807) is 4.72 Å². The molecule has 0 spiro atoms. The summed E-state index contributed by atoms with van der Waals surface area (Å²) in [6.07, 6.45) is 0.285. The fourth-order valence-electron chi connectivity index (χ4n) is 2.05. The van der Waals surface area contributed by atoms with Gasteiger partial charge in [-0.05, 0) is 24.5 Å². The number of carbonyl (C=O) groups is 2. The quantitative estimate of drug-likeness (QED) is 0.656. The number of hydrogen-bond donors (Lipinski definition) is 2. The maximum Gasteiger partial charge on any atom is 0.328 e. The lowest BCUT2D eigenvalue weighted by molar-refractivity contribution is -0.145. The highest BCUT2D eigenvalue weighted by atomic mass is 32.2. The summed E-state index contributed by atoms with van der Waals surface area (Å²) in [5, 5.41) is 2.32. The van der Waals surface area contributed by atoms with Crippen LogP contribution in [0, 0.1) is 17.6 Å². The second-order valence-electron chi connectivity index (χ2n) is 5.65. The summed E-state index contributed by atoms with van der Waals surface area (Å²) in [4.78, 5) is 22.3. The van der Waals surface area contributed by atoms with Crippen molar-refractivity contribution in [3.8, 4) is 0 Å². The number of halogens is 2. The summed E-state index contributed by atoms with van der Waals surface area (Å²) in [6.45, 7) is 2.86. The average Bonchev–Trinajstić information content (AvgIpc) is 2.51. The summed E-state index contributed by atoms with van der Waals surface area (Å²) in [6, 6.07) is 1.64. The number of benzene rings is 1. The van der Waals surface area contributed by atoms with Crippen LogP contribution in [-0.2, 0) is 24.3 Å². The SMILES string of the molecule is COC(=O)C(CC(C)C)NC(=O)CNS(=O)(=O)c1c(F)cccc1F. The molecule has 1 aromatic carbocycles. The molecule has 0 aromatic heterocycles. The predicted molar refractivity (Wildman–Crippen MR) is 84.9 cm³/mol. The van der Waals surface area contributed by atoms with Gasteiger partial charge in [0.25, 0.3) is 0 Å². The zero-order chi connectivity index (χ0) is 19.2. The van der Waals surface area contributed by atoms with Crippen LogP contribution in [0.2, 0.25) is 0 Å². The number of sulfonamides is 1. The first-order chi connectivity index (χ1) is 11.6. The highest BCUT2D eigenvalue weighted by molar-refractivity contribution is 7.89. The Kier molecular flexibility index (Phi) is 7.43. The minimum absolute atomic E-state index is 0.0635. The van der Waals surface area contributed by atoms with Crippen molar-refractivity contribution in [3.63, 3.8) is 0 Å². The molecule has 0 aliphatic heterocycles. The molecule has 0 saturated carbocycles. The molecule has 0 bridgehead atoms. The fraction of sp³-hybridized carbons (Fsp3) is 0.467. The second kappa shape index (κ2) is 8.86. The van der Waals surface area contributed by atoms with E-state index in [4.69, 9.17) is 0 Å². The van der Waals surface area contributed by atoms with Gasteiger partial charge < -0.3 is 10.1 Å². The van der Waals surface area contributed by atoms with Gasteiger partial charge in [0.1, 0.15) is 17.7 Å². The molecule has 1 aromatic rings. The van der Waals surface area contributed by atoms with Crippen molar-refractivity contribution < 1.29 is 31.5 Å². The molecule has 140 valence electrons. The molecular weight excluding hydrogens is 358 g/mol. The highest BCUT2D eigenvalue weighted by Crippen LogP contribution is 2.17. The van der Waals surface area contributed by atoms with Crippen molar-refractivity contribution >= 4 is 21.9 Å². The zero-order valence-electron chi connectivity index (χ0n) is 14.0. The van der Waals surface area contributed by atoms with Crippen LogP contribution in [0.25, 0.3) is 0 Å². The summed E-state index contributed by atoms with van der Waals surface area (Å²) in [5.41, 5.74) is 0. The Morgan fingerprint density at radius 3 is 2.24 bits per heavy atom. The molecule has 0 heterocycles. The lowest BCUT2D eigenvalue weighted by atomic mass is 10.0. The maximum absolute atomic E-state index is 13.6. The molecule has 1 rings (SSSR count). The molecule has 1 atom stereocenters. The van der Waals surface area contributed by atoms with E-state index in [-0.39, 0.29) is 12.3 Å². The normalized spacial score (nSPS) is 12.7. The van der Waals surface area contributed by atoms with Gasteiger partial charge in [0.15, 0.2) is 4.90 Å². The minimum atomic E-state index is -4.58. The lowest BCUT2D eigenvalue weighted by Gasteiger charge is -2.18. The Morgan fingerprint density at radius 1 is 1.20 bits per heavy atom. The number of hydrogen-bond acceptors (Lipinski definition) is 5. The Hall–Kier alpha value is -2.07. The third kappa shape index (κ3) is 6.05. The first kappa shape index (κ1) is 21.0. The summed E-state index contributed by atoms with van der Waals surface area (Å²) in [7, 11) is -3.42. The van der Waals surface area contributed by atoms with Crippen LogP contribution in [0.3, 0.4) is 0 Å². The first-order valence-electron chi connectivity index (χ1n) is 7.39. The topological polar surface area (TPSA) is 102 Å². The molecular formula is C15H20F2N2O5S. The molecule has 10 heteroatoms. The van der Waals surface area contributed by atoms with Gasteiger partial charge in [-0.3, -0.25) is 4.79 Å². The number of amides is 1. The van der Waals surface area contributed by atoms with Crippen LogP contribution >= 0.6 is 0 Å². The maximum atomic E-state index is 13.6. The molecule has 25 heavy (non-hydrogen) atoms. The Labute approximate surface area is 144 Å².